The van der Waals surface area contributed by atoms with Crippen molar-refractivity contribution in [2.24, 2.45) is 0 Å². The average Bonchev–Trinajstić information content (AvgIpc) is 2.52. The average molecular weight is 242 g/mol. The quantitative estimate of drug-likeness (QED) is 0.848. The Balaban J connectivity index is 2.14. The molecule has 16 heavy (non-hydrogen) atoms. The van der Waals surface area contributed by atoms with Crippen molar-refractivity contribution in [3.05, 3.63) is 34.6 Å². The zero-order chi connectivity index (χ0) is 11.8. The van der Waals surface area contributed by atoms with E-state index in [1.54, 1.807) is 12.1 Å². The Morgan fingerprint density at radius 1 is 1.56 bits per heavy atom. The van der Waals surface area contributed by atoms with Gasteiger partial charge in [0.05, 0.1) is 5.02 Å². The summed E-state index contributed by atoms with van der Waals surface area (Å²) in [6, 6.07) is 4.77. The van der Waals surface area contributed by atoms with Crippen molar-refractivity contribution in [2.75, 3.05) is 0 Å². The van der Waals surface area contributed by atoms with Crippen LogP contribution < -0.4 is 5.32 Å². The minimum Gasteiger partial charge on any atom is -0.351 e. The van der Waals surface area contributed by atoms with Crippen LogP contribution in [0.25, 0.3) is 0 Å². The van der Waals surface area contributed by atoms with Crippen LogP contribution in [0.4, 0.5) is 4.39 Å². The Morgan fingerprint density at radius 2 is 2.31 bits per heavy atom. The second-order valence-electron chi connectivity index (χ2n) is 4.53. The Bertz CT molecular complexity index is 435. The van der Waals surface area contributed by atoms with Gasteiger partial charge in [-0.15, -0.1) is 0 Å². The highest BCUT2D eigenvalue weighted by molar-refractivity contribution is 6.30. The van der Waals surface area contributed by atoms with Gasteiger partial charge in [0.15, 0.2) is 0 Å². The summed E-state index contributed by atoms with van der Waals surface area (Å²) in [4.78, 5) is 11.2. The topological polar surface area (TPSA) is 29.1 Å². The van der Waals surface area contributed by atoms with Crippen LogP contribution in [0, 0.1) is 5.82 Å². The SMILES string of the molecule is CC1(Cc2ccc(Cl)c(F)c2)CCC(=O)N1. The first kappa shape index (κ1) is 11.4. The third kappa shape index (κ3) is 2.35. The van der Waals surface area contributed by atoms with E-state index < -0.39 is 5.82 Å². The Kier molecular flexibility index (Phi) is 2.89. The molecule has 0 spiro atoms. The van der Waals surface area contributed by atoms with E-state index in [4.69, 9.17) is 11.6 Å². The van der Waals surface area contributed by atoms with Gasteiger partial charge >= 0.3 is 0 Å². The number of amides is 1. The third-order valence-corrected chi connectivity index (χ3v) is 3.23. The van der Waals surface area contributed by atoms with E-state index in [0.717, 1.165) is 12.0 Å². The van der Waals surface area contributed by atoms with Crippen molar-refractivity contribution in [1.29, 1.82) is 0 Å². The van der Waals surface area contributed by atoms with Crippen LogP contribution in [0.5, 0.6) is 0 Å². The van der Waals surface area contributed by atoms with Gasteiger partial charge in [0.25, 0.3) is 0 Å². The second-order valence-corrected chi connectivity index (χ2v) is 4.94. The highest BCUT2D eigenvalue weighted by atomic mass is 35.5. The van der Waals surface area contributed by atoms with E-state index in [9.17, 15) is 9.18 Å². The fourth-order valence-corrected chi connectivity index (χ4v) is 2.20. The van der Waals surface area contributed by atoms with E-state index in [-0.39, 0.29) is 16.5 Å². The molecule has 0 saturated carbocycles. The van der Waals surface area contributed by atoms with Crippen molar-refractivity contribution in [3.63, 3.8) is 0 Å². The molecule has 1 saturated heterocycles. The van der Waals surface area contributed by atoms with Crippen molar-refractivity contribution in [1.82, 2.24) is 5.32 Å². The molecule has 1 aliphatic rings. The van der Waals surface area contributed by atoms with E-state index in [0.29, 0.717) is 12.8 Å². The van der Waals surface area contributed by atoms with E-state index in [1.807, 2.05) is 6.92 Å². The lowest BCUT2D eigenvalue weighted by Gasteiger charge is -2.24. The predicted octanol–water partition coefficient (Wildman–Crippen LogP) is 2.69. The van der Waals surface area contributed by atoms with Gasteiger partial charge in [0.2, 0.25) is 5.91 Å². The molecular formula is C12H13ClFNO. The van der Waals surface area contributed by atoms with Gasteiger partial charge in [-0.05, 0) is 37.5 Å². The summed E-state index contributed by atoms with van der Waals surface area (Å²) in [5, 5.41) is 3.05. The summed E-state index contributed by atoms with van der Waals surface area (Å²) < 4.78 is 13.2. The monoisotopic (exact) mass is 241 g/mol. The predicted molar refractivity (Wildman–Crippen MR) is 60.9 cm³/mol. The van der Waals surface area contributed by atoms with E-state index >= 15 is 0 Å². The van der Waals surface area contributed by atoms with Crippen molar-refractivity contribution >= 4 is 17.5 Å². The fraction of sp³-hybridized carbons (Fsp3) is 0.417. The molecule has 1 aromatic rings. The summed E-state index contributed by atoms with van der Waals surface area (Å²) in [7, 11) is 0. The molecule has 2 rings (SSSR count). The minimum absolute atomic E-state index is 0.0666. The lowest BCUT2D eigenvalue weighted by molar-refractivity contribution is -0.119. The van der Waals surface area contributed by atoms with Crippen molar-refractivity contribution in [3.8, 4) is 0 Å². The normalized spacial score (nSPS) is 24.6. The third-order valence-electron chi connectivity index (χ3n) is 2.92. The maximum atomic E-state index is 13.2. The number of hydrogen-bond acceptors (Lipinski definition) is 1. The summed E-state index contributed by atoms with van der Waals surface area (Å²) in [5.74, 6) is -0.343. The number of carbonyl (C=O) groups excluding carboxylic acids is 1. The summed E-state index contributed by atoms with van der Waals surface area (Å²) in [6.07, 6.45) is 1.97. The molecule has 0 aromatic heterocycles. The van der Waals surface area contributed by atoms with E-state index in [2.05, 4.69) is 5.32 Å². The fourth-order valence-electron chi connectivity index (χ4n) is 2.08. The van der Waals surface area contributed by atoms with Crippen LogP contribution in [0.2, 0.25) is 5.02 Å². The molecule has 1 aromatic carbocycles. The van der Waals surface area contributed by atoms with Crippen LogP contribution in [-0.4, -0.2) is 11.4 Å². The molecule has 1 amide bonds. The zero-order valence-corrected chi connectivity index (χ0v) is 9.77. The van der Waals surface area contributed by atoms with Gasteiger partial charge in [-0.3, -0.25) is 4.79 Å². The molecule has 1 aliphatic heterocycles. The summed E-state index contributed by atoms with van der Waals surface area (Å²) in [6.45, 7) is 1.98. The number of halogens is 2. The van der Waals surface area contributed by atoms with Crippen LogP contribution in [0.1, 0.15) is 25.3 Å². The van der Waals surface area contributed by atoms with Crippen LogP contribution in [0.15, 0.2) is 18.2 Å². The first-order valence-electron chi connectivity index (χ1n) is 5.23. The molecule has 0 bridgehead atoms. The highest BCUT2D eigenvalue weighted by Crippen LogP contribution is 2.25. The number of rotatable bonds is 2. The zero-order valence-electron chi connectivity index (χ0n) is 9.02. The highest BCUT2D eigenvalue weighted by Gasteiger charge is 2.32. The van der Waals surface area contributed by atoms with Crippen LogP contribution >= 0.6 is 11.6 Å². The van der Waals surface area contributed by atoms with Gasteiger partial charge in [0, 0.05) is 12.0 Å². The molecule has 1 fully saturated rings. The molecule has 1 atom stereocenters. The molecule has 1 N–H and O–H groups in total. The van der Waals surface area contributed by atoms with Gasteiger partial charge in [-0.2, -0.15) is 0 Å². The van der Waals surface area contributed by atoms with Gasteiger partial charge in [-0.1, -0.05) is 17.7 Å². The first-order chi connectivity index (χ1) is 7.48. The van der Waals surface area contributed by atoms with Gasteiger partial charge in [-0.25, -0.2) is 4.39 Å². The molecule has 86 valence electrons. The lowest BCUT2D eigenvalue weighted by atomic mass is 9.91. The minimum atomic E-state index is -0.410. The molecular weight excluding hydrogens is 229 g/mol. The number of nitrogens with one attached hydrogen (secondary N) is 1. The lowest BCUT2D eigenvalue weighted by Crippen LogP contribution is -2.40. The second kappa shape index (κ2) is 4.06. The number of carbonyl (C=O) groups is 1. The maximum absolute atomic E-state index is 13.2. The van der Waals surface area contributed by atoms with Gasteiger partial charge in [0.1, 0.15) is 5.82 Å². The summed E-state index contributed by atoms with van der Waals surface area (Å²) >= 11 is 5.61. The molecule has 0 aliphatic carbocycles. The van der Waals surface area contributed by atoms with Gasteiger partial charge < -0.3 is 5.32 Å². The van der Waals surface area contributed by atoms with Crippen LogP contribution in [0.3, 0.4) is 0 Å². The largest absolute Gasteiger partial charge is 0.351 e. The number of benzene rings is 1. The first-order valence-corrected chi connectivity index (χ1v) is 5.61. The molecule has 1 heterocycles. The standard InChI is InChI=1S/C12H13ClFNO/c1-12(5-4-11(16)15-12)7-8-2-3-9(13)10(14)6-8/h2-3,6H,4-5,7H2,1H3,(H,15,16). The molecule has 4 heteroatoms. The molecule has 1 unspecified atom stereocenters. The van der Waals surface area contributed by atoms with E-state index in [1.165, 1.54) is 6.07 Å². The Hall–Kier alpha value is -1.09. The Labute approximate surface area is 98.8 Å². The molecule has 0 radical (unpaired) electrons. The summed E-state index contributed by atoms with van der Waals surface area (Å²) in [5.41, 5.74) is 0.601. The van der Waals surface area contributed by atoms with Crippen molar-refractivity contribution in [2.45, 2.75) is 31.7 Å². The smallest absolute Gasteiger partial charge is 0.220 e. The van der Waals surface area contributed by atoms with Crippen molar-refractivity contribution < 1.29 is 9.18 Å². The molecule has 2 nitrogen and oxygen atoms in total. The maximum Gasteiger partial charge on any atom is 0.220 e. The Morgan fingerprint density at radius 3 is 2.88 bits per heavy atom. The van der Waals surface area contributed by atoms with Crippen LogP contribution in [-0.2, 0) is 11.2 Å². The number of hydrogen-bond donors (Lipinski definition) is 1.